The van der Waals surface area contributed by atoms with Gasteiger partial charge < -0.3 is 0 Å². The number of hydrogen-bond donors (Lipinski definition) is 0. The molecule has 2 aliphatic carbocycles. The molecule has 0 aromatic heterocycles. The number of hydrogen-bond acceptors (Lipinski definition) is 0. The van der Waals surface area contributed by atoms with Gasteiger partial charge >= 0.3 is 12.4 Å². The molecule has 5 rings (SSSR count). The molecule has 0 N–H and O–H groups in total. The Hall–Kier alpha value is -2.59. The van der Waals surface area contributed by atoms with Crippen LogP contribution >= 0.6 is 7.92 Å². The third-order valence-corrected chi connectivity index (χ3v) is 9.85. The highest BCUT2D eigenvalue weighted by Gasteiger charge is 2.47. The number of alkyl halides is 6. The van der Waals surface area contributed by atoms with Crippen molar-refractivity contribution >= 4 is 24.1 Å². The summed E-state index contributed by atoms with van der Waals surface area (Å²) in [5.74, 6) is 0.471. The molecule has 3 aromatic carbocycles. The summed E-state index contributed by atoms with van der Waals surface area (Å²) >= 11 is 0. The molecule has 0 nitrogen and oxygen atoms in total. The van der Waals surface area contributed by atoms with E-state index >= 15 is 0 Å². The van der Waals surface area contributed by atoms with E-state index in [9.17, 15) is 26.3 Å². The maximum atomic E-state index is 13.2. The van der Waals surface area contributed by atoms with Gasteiger partial charge in [-0.15, -0.1) is 0 Å². The normalized spacial score (nSPS) is 22.3. The number of rotatable bonds is 4. The van der Waals surface area contributed by atoms with E-state index in [1.165, 1.54) is 29.8 Å². The van der Waals surface area contributed by atoms with Gasteiger partial charge in [-0.2, -0.15) is 26.3 Å². The molecule has 2 bridgehead atoms. The van der Waals surface area contributed by atoms with Crippen LogP contribution in [0.4, 0.5) is 26.3 Å². The van der Waals surface area contributed by atoms with Gasteiger partial charge in [-0.25, -0.2) is 0 Å². The molecule has 0 heterocycles. The van der Waals surface area contributed by atoms with Crippen molar-refractivity contribution in [2.45, 2.75) is 30.9 Å². The van der Waals surface area contributed by atoms with Crippen molar-refractivity contribution in [2.75, 3.05) is 0 Å². The van der Waals surface area contributed by atoms with E-state index in [2.05, 4.69) is 18.2 Å². The molecule has 2 aliphatic rings. The van der Waals surface area contributed by atoms with Gasteiger partial charge in [0.15, 0.2) is 0 Å². The standard InChI is InChI=1S/C27H21F6P/c28-26(29,30)19-7-11-21(12-8-19)34(22-13-9-20(10-14-22)27(31,32)33)25-18-6-15-23(25)24(16-18)17-4-2-1-3-5-17/h1-5,7-14,16,18,23,25H,6,15H2/t18-,23+,25+/m1/s1. The van der Waals surface area contributed by atoms with Crippen LogP contribution in [0.1, 0.15) is 29.5 Å². The fraction of sp³-hybridized carbons (Fsp3) is 0.259. The average Bonchev–Trinajstić information content (AvgIpc) is 3.37. The fourth-order valence-corrected chi connectivity index (χ4v) is 8.53. The predicted octanol–water partition coefficient (Wildman–Crippen LogP) is 7.65. The molecule has 0 spiro atoms. The lowest BCUT2D eigenvalue weighted by atomic mass is 9.92. The molecule has 3 atom stereocenters. The second-order valence-corrected chi connectivity index (χ2v) is 11.2. The van der Waals surface area contributed by atoms with E-state index in [0.717, 1.165) is 53.3 Å². The topological polar surface area (TPSA) is 0 Å². The summed E-state index contributed by atoms with van der Waals surface area (Å²) in [5, 5.41) is 1.51. The Labute approximate surface area is 195 Å². The van der Waals surface area contributed by atoms with Crippen LogP contribution < -0.4 is 10.6 Å². The first-order valence-corrected chi connectivity index (χ1v) is 12.4. The van der Waals surface area contributed by atoms with Gasteiger partial charge in [-0.1, -0.05) is 60.7 Å². The van der Waals surface area contributed by atoms with Crippen LogP contribution in [0.2, 0.25) is 0 Å². The predicted molar refractivity (Wildman–Crippen MR) is 123 cm³/mol. The second kappa shape index (κ2) is 8.57. The minimum absolute atomic E-state index is 0.138. The molecule has 0 saturated heterocycles. The molecule has 1 fully saturated rings. The molecule has 0 unspecified atom stereocenters. The lowest BCUT2D eigenvalue weighted by Crippen LogP contribution is -2.26. The zero-order valence-electron chi connectivity index (χ0n) is 17.9. The Morgan fingerprint density at radius 3 is 1.59 bits per heavy atom. The highest BCUT2D eigenvalue weighted by atomic mass is 31.1. The Balaban J connectivity index is 1.56. The summed E-state index contributed by atoms with van der Waals surface area (Å²) in [7, 11) is -1.17. The van der Waals surface area contributed by atoms with Crippen molar-refractivity contribution in [1.82, 2.24) is 0 Å². The van der Waals surface area contributed by atoms with Gasteiger partial charge in [-0.05, 0) is 78.6 Å². The maximum absolute atomic E-state index is 13.2. The van der Waals surface area contributed by atoms with E-state index in [-0.39, 0.29) is 17.5 Å². The molecule has 176 valence electrons. The van der Waals surface area contributed by atoms with Crippen LogP contribution in [0, 0.1) is 11.8 Å². The van der Waals surface area contributed by atoms with Crippen molar-refractivity contribution in [3.8, 4) is 0 Å². The van der Waals surface area contributed by atoms with Crippen LogP contribution in [-0.4, -0.2) is 5.66 Å². The third-order valence-electron chi connectivity index (χ3n) is 6.81. The SMILES string of the molecule is FC(F)(F)c1ccc(P(c2ccc(C(F)(F)F)cc2)[C@H]2[C@H]3C=C(c4ccccc4)[C@@H]2CC3)cc1. The smallest absolute Gasteiger partial charge is 0.166 e. The molecule has 0 amide bonds. The molecule has 0 aliphatic heterocycles. The van der Waals surface area contributed by atoms with Crippen LogP contribution in [0.5, 0.6) is 0 Å². The number of fused-ring (bicyclic) bond motifs is 2. The quantitative estimate of drug-likeness (QED) is 0.260. The van der Waals surface area contributed by atoms with Gasteiger partial charge in [0.2, 0.25) is 0 Å². The molecular weight excluding hydrogens is 469 g/mol. The number of halogens is 6. The van der Waals surface area contributed by atoms with E-state index in [4.69, 9.17) is 0 Å². The molecular formula is C27H21F6P. The van der Waals surface area contributed by atoms with E-state index < -0.39 is 31.4 Å². The first kappa shape index (κ1) is 23.2. The largest absolute Gasteiger partial charge is 0.416 e. The maximum Gasteiger partial charge on any atom is 0.416 e. The summed E-state index contributed by atoms with van der Waals surface area (Å²) in [6, 6.07) is 20.4. The number of allylic oxidation sites excluding steroid dienone is 2. The molecule has 3 aromatic rings. The van der Waals surface area contributed by atoms with Crippen molar-refractivity contribution in [1.29, 1.82) is 0 Å². The fourth-order valence-electron chi connectivity index (χ4n) is 5.32. The monoisotopic (exact) mass is 490 g/mol. The lowest BCUT2D eigenvalue weighted by molar-refractivity contribution is -0.138. The van der Waals surface area contributed by atoms with Crippen molar-refractivity contribution in [3.63, 3.8) is 0 Å². The van der Waals surface area contributed by atoms with Crippen LogP contribution in [-0.2, 0) is 12.4 Å². The van der Waals surface area contributed by atoms with Crippen molar-refractivity contribution in [3.05, 3.63) is 102 Å². The molecule has 34 heavy (non-hydrogen) atoms. The Morgan fingerprint density at radius 2 is 1.12 bits per heavy atom. The van der Waals surface area contributed by atoms with Crippen LogP contribution in [0.25, 0.3) is 5.57 Å². The summed E-state index contributed by atoms with van der Waals surface area (Å²) in [6.07, 6.45) is -4.66. The molecule has 1 saturated carbocycles. The van der Waals surface area contributed by atoms with E-state index in [0.29, 0.717) is 0 Å². The highest BCUT2D eigenvalue weighted by molar-refractivity contribution is 7.73. The zero-order valence-corrected chi connectivity index (χ0v) is 18.8. The lowest BCUT2D eigenvalue weighted by Gasteiger charge is -2.30. The Morgan fingerprint density at radius 1 is 0.618 bits per heavy atom. The minimum atomic E-state index is -4.44. The van der Waals surface area contributed by atoms with Crippen molar-refractivity contribution < 1.29 is 26.3 Å². The Bertz CT molecular complexity index is 1120. The second-order valence-electron chi connectivity index (χ2n) is 8.79. The summed E-state index contributed by atoms with van der Waals surface area (Å²) < 4.78 is 79.0. The first-order valence-electron chi connectivity index (χ1n) is 11.0. The highest BCUT2D eigenvalue weighted by Crippen LogP contribution is 2.61. The van der Waals surface area contributed by atoms with E-state index in [1.807, 2.05) is 18.2 Å². The van der Waals surface area contributed by atoms with Gasteiger partial charge in [0.1, 0.15) is 0 Å². The van der Waals surface area contributed by atoms with E-state index in [1.54, 1.807) is 0 Å². The average molecular weight is 490 g/mol. The van der Waals surface area contributed by atoms with Gasteiger partial charge in [0.25, 0.3) is 0 Å². The number of benzene rings is 3. The first-order chi connectivity index (χ1) is 16.1. The van der Waals surface area contributed by atoms with Crippen LogP contribution in [0.3, 0.4) is 0 Å². The van der Waals surface area contributed by atoms with Crippen molar-refractivity contribution in [2.24, 2.45) is 11.8 Å². The Kier molecular flexibility index (Phi) is 5.84. The summed E-state index contributed by atoms with van der Waals surface area (Å²) in [6.45, 7) is 0. The zero-order chi connectivity index (χ0) is 24.1. The summed E-state index contributed by atoms with van der Waals surface area (Å²) in [4.78, 5) is 0. The van der Waals surface area contributed by atoms with Crippen LogP contribution in [0.15, 0.2) is 84.9 Å². The third kappa shape index (κ3) is 4.29. The molecule has 7 heteroatoms. The minimum Gasteiger partial charge on any atom is -0.166 e. The molecule has 0 radical (unpaired) electrons. The summed E-state index contributed by atoms with van der Waals surface area (Å²) in [5.41, 5.74) is 1.06. The van der Waals surface area contributed by atoms with Gasteiger partial charge in [-0.3, -0.25) is 0 Å². The van der Waals surface area contributed by atoms with Gasteiger partial charge in [0, 0.05) is 5.66 Å². The van der Waals surface area contributed by atoms with Gasteiger partial charge in [0.05, 0.1) is 11.1 Å².